The van der Waals surface area contributed by atoms with Gasteiger partial charge in [-0.05, 0) is 45.4 Å². The van der Waals surface area contributed by atoms with Crippen molar-refractivity contribution in [3.63, 3.8) is 0 Å². The first-order valence-electron chi connectivity index (χ1n) is 7.86. The van der Waals surface area contributed by atoms with Gasteiger partial charge in [0.2, 0.25) is 5.91 Å². The highest BCUT2D eigenvalue weighted by molar-refractivity contribution is 5.76. The van der Waals surface area contributed by atoms with Crippen molar-refractivity contribution in [2.75, 3.05) is 6.54 Å². The van der Waals surface area contributed by atoms with Crippen LogP contribution in [0.15, 0.2) is 0 Å². The molecule has 0 aromatic rings. The van der Waals surface area contributed by atoms with E-state index in [1.54, 1.807) is 0 Å². The number of carbonyl (C=O) groups excluding carboxylic acids is 2. The first-order chi connectivity index (χ1) is 9.60. The lowest BCUT2D eigenvalue weighted by atomic mass is 9.87. The van der Waals surface area contributed by atoms with Crippen LogP contribution >= 0.6 is 0 Å². The molecule has 1 aliphatic rings. The Kier molecular flexibility index (Phi) is 6.05. The number of hydrogen-bond donors (Lipinski definition) is 2. The Bertz CT molecular complexity index is 372. The van der Waals surface area contributed by atoms with E-state index in [9.17, 15) is 9.59 Å². The van der Waals surface area contributed by atoms with Crippen molar-refractivity contribution in [2.24, 2.45) is 5.41 Å². The molecule has 0 spiro atoms. The third kappa shape index (κ3) is 6.82. The van der Waals surface area contributed by atoms with E-state index in [0.29, 0.717) is 19.4 Å². The van der Waals surface area contributed by atoms with Gasteiger partial charge in [0, 0.05) is 19.0 Å². The summed E-state index contributed by atoms with van der Waals surface area (Å²) >= 11 is 0. The third-order valence-corrected chi connectivity index (χ3v) is 3.84. The zero-order valence-corrected chi connectivity index (χ0v) is 14.0. The van der Waals surface area contributed by atoms with E-state index in [4.69, 9.17) is 4.74 Å². The molecule has 0 radical (unpaired) electrons. The average Bonchev–Trinajstić information content (AvgIpc) is 2.62. The van der Waals surface area contributed by atoms with Crippen LogP contribution in [0.25, 0.3) is 0 Å². The molecule has 1 saturated carbocycles. The van der Waals surface area contributed by atoms with Gasteiger partial charge in [0.25, 0.3) is 0 Å². The fourth-order valence-electron chi connectivity index (χ4n) is 2.61. The Labute approximate surface area is 128 Å². The quantitative estimate of drug-likeness (QED) is 0.767. The largest absolute Gasteiger partial charge is 0.444 e. The van der Waals surface area contributed by atoms with E-state index in [2.05, 4.69) is 24.5 Å². The lowest BCUT2D eigenvalue weighted by Gasteiger charge is -2.27. The summed E-state index contributed by atoms with van der Waals surface area (Å²) in [4.78, 5) is 23.3. The van der Waals surface area contributed by atoms with E-state index in [1.165, 1.54) is 6.42 Å². The summed E-state index contributed by atoms with van der Waals surface area (Å²) in [6, 6.07) is 0.281. The Morgan fingerprint density at radius 1 is 1.29 bits per heavy atom. The van der Waals surface area contributed by atoms with Crippen LogP contribution in [0.1, 0.15) is 66.7 Å². The molecule has 0 heterocycles. The van der Waals surface area contributed by atoms with Gasteiger partial charge >= 0.3 is 6.09 Å². The maximum absolute atomic E-state index is 11.9. The van der Waals surface area contributed by atoms with Crippen molar-refractivity contribution in [1.29, 1.82) is 0 Å². The lowest BCUT2D eigenvalue weighted by Crippen LogP contribution is -2.41. The molecule has 2 amide bonds. The van der Waals surface area contributed by atoms with Crippen LogP contribution in [-0.4, -0.2) is 30.2 Å². The fraction of sp³-hybridized carbons (Fsp3) is 0.875. The maximum atomic E-state index is 11.9. The van der Waals surface area contributed by atoms with Gasteiger partial charge in [0.05, 0.1) is 0 Å². The summed E-state index contributed by atoms with van der Waals surface area (Å²) in [5.74, 6) is 0.0703. The standard InChI is InChI=1S/C16H30N2O3/c1-15(2,3)21-14(20)17-11-7-9-13(19)18-12-8-6-10-16(12,4)5/h12H,6-11H2,1-5H3,(H,17,20)(H,18,19). The third-order valence-electron chi connectivity index (χ3n) is 3.84. The topological polar surface area (TPSA) is 67.4 Å². The Balaban J connectivity index is 2.15. The summed E-state index contributed by atoms with van der Waals surface area (Å²) in [6.07, 6.45) is 4.03. The summed E-state index contributed by atoms with van der Waals surface area (Å²) in [5.41, 5.74) is -0.292. The van der Waals surface area contributed by atoms with Gasteiger partial charge < -0.3 is 15.4 Å². The smallest absolute Gasteiger partial charge is 0.407 e. The van der Waals surface area contributed by atoms with Crippen molar-refractivity contribution >= 4 is 12.0 Å². The highest BCUT2D eigenvalue weighted by atomic mass is 16.6. The molecule has 0 aliphatic heterocycles. The molecule has 1 rings (SSSR count). The highest BCUT2D eigenvalue weighted by Gasteiger charge is 2.35. The van der Waals surface area contributed by atoms with Crippen LogP contribution in [0.2, 0.25) is 0 Å². The van der Waals surface area contributed by atoms with Crippen molar-refractivity contribution in [2.45, 2.75) is 78.4 Å². The number of alkyl carbamates (subject to hydrolysis) is 1. The van der Waals surface area contributed by atoms with Crippen LogP contribution < -0.4 is 10.6 Å². The molecule has 5 nitrogen and oxygen atoms in total. The van der Waals surface area contributed by atoms with Crippen LogP contribution in [0, 0.1) is 5.41 Å². The van der Waals surface area contributed by atoms with Gasteiger partial charge in [-0.15, -0.1) is 0 Å². The predicted molar refractivity (Wildman–Crippen MR) is 83.0 cm³/mol. The molecule has 1 aliphatic carbocycles. The molecule has 21 heavy (non-hydrogen) atoms. The minimum Gasteiger partial charge on any atom is -0.444 e. The van der Waals surface area contributed by atoms with E-state index in [0.717, 1.165) is 12.8 Å². The molecule has 0 aromatic carbocycles. The highest BCUT2D eigenvalue weighted by Crippen LogP contribution is 2.37. The summed E-state index contributed by atoms with van der Waals surface area (Å²) < 4.78 is 5.13. The van der Waals surface area contributed by atoms with E-state index < -0.39 is 11.7 Å². The molecular weight excluding hydrogens is 268 g/mol. The van der Waals surface area contributed by atoms with Crippen molar-refractivity contribution in [1.82, 2.24) is 10.6 Å². The number of hydrogen-bond acceptors (Lipinski definition) is 3. The van der Waals surface area contributed by atoms with Crippen LogP contribution in [0.5, 0.6) is 0 Å². The Morgan fingerprint density at radius 3 is 2.48 bits per heavy atom. The Hall–Kier alpha value is -1.26. The molecule has 2 N–H and O–H groups in total. The monoisotopic (exact) mass is 298 g/mol. The van der Waals surface area contributed by atoms with Gasteiger partial charge in [-0.3, -0.25) is 4.79 Å². The SMILES string of the molecule is CC(C)(C)OC(=O)NCCCC(=O)NC1CCCC1(C)C. The molecule has 122 valence electrons. The predicted octanol–water partition coefficient (Wildman–Crippen LogP) is 2.99. The van der Waals surface area contributed by atoms with E-state index >= 15 is 0 Å². The Morgan fingerprint density at radius 2 is 1.95 bits per heavy atom. The number of nitrogens with one attached hydrogen (secondary N) is 2. The van der Waals surface area contributed by atoms with Crippen LogP contribution in [-0.2, 0) is 9.53 Å². The minimum atomic E-state index is -0.491. The van der Waals surface area contributed by atoms with Gasteiger partial charge in [-0.1, -0.05) is 20.3 Å². The van der Waals surface area contributed by atoms with Crippen molar-refractivity contribution < 1.29 is 14.3 Å². The first kappa shape index (κ1) is 17.8. The molecule has 1 atom stereocenters. The van der Waals surface area contributed by atoms with Gasteiger partial charge in [-0.2, -0.15) is 0 Å². The zero-order valence-electron chi connectivity index (χ0n) is 14.0. The van der Waals surface area contributed by atoms with Crippen molar-refractivity contribution in [3.05, 3.63) is 0 Å². The van der Waals surface area contributed by atoms with Gasteiger partial charge in [-0.25, -0.2) is 4.79 Å². The van der Waals surface area contributed by atoms with Gasteiger partial charge in [0.1, 0.15) is 5.60 Å². The van der Waals surface area contributed by atoms with E-state index in [-0.39, 0.29) is 17.4 Å². The summed E-state index contributed by atoms with van der Waals surface area (Å²) in [7, 11) is 0. The normalized spacial score (nSPS) is 20.9. The second kappa shape index (κ2) is 7.14. The van der Waals surface area contributed by atoms with Crippen LogP contribution in [0.4, 0.5) is 4.79 Å². The van der Waals surface area contributed by atoms with E-state index in [1.807, 2.05) is 20.8 Å². The molecule has 1 fully saturated rings. The number of rotatable bonds is 5. The second-order valence-corrected chi connectivity index (χ2v) is 7.53. The summed E-state index contributed by atoms with van der Waals surface area (Å²) in [6.45, 7) is 10.3. The first-order valence-corrected chi connectivity index (χ1v) is 7.86. The molecule has 0 bridgehead atoms. The lowest BCUT2D eigenvalue weighted by molar-refractivity contribution is -0.122. The molecule has 0 saturated heterocycles. The molecule has 0 aromatic heterocycles. The number of ether oxygens (including phenoxy) is 1. The molecule has 5 heteroatoms. The molecular formula is C16H30N2O3. The summed E-state index contributed by atoms with van der Waals surface area (Å²) in [5, 5.41) is 5.78. The maximum Gasteiger partial charge on any atom is 0.407 e. The second-order valence-electron chi connectivity index (χ2n) is 7.53. The fourth-order valence-corrected chi connectivity index (χ4v) is 2.61. The zero-order chi connectivity index (χ0) is 16.1. The minimum absolute atomic E-state index is 0.0703. The molecule has 1 unspecified atom stereocenters. The average molecular weight is 298 g/mol. The van der Waals surface area contributed by atoms with Crippen LogP contribution in [0.3, 0.4) is 0 Å². The number of amides is 2. The van der Waals surface area contributed by atoms with Gasteiger partial charge in [0.15, 0.2) is 0 Å². The van der Waals surface area contributed by atoms with Crippen molar-refractivity contribution in [3.8, 4) is 0 Å². The number of carbonyl (C=O) groups is 2.